The van der Waals surface area contributed by atoms with Crippen molar-refractivity contribution < 1.29 is 9.84 Å². The van der Waals surface area contributed by atoms with Crippen LogP contribution in [0.25, 0.3) is 21.8 Å². The van der Waals surface area contributed by atoms with Gasteiger partial charge in [0.05, 0.1) is 28.1 Å². The lowest BCUT2D eigenvalue weighted by Crippen LogP contribution is -2.32. The van der Waals surface area contributed by atoms with E-state index >= 15 is 0 Å². The smallest absolute Gasteiger partial charge is 0.258 e. The summed E-state index contributed by atoms with van der Waals surface area (Å²) in [4.78, 5) is 27.3. The van der Waals surface area contributed by atoms with E-state index < -0.39 is 5.92 Å². The third-order valence-corrected chi connectivity index (χ3v) is 6.62. The summed E-state index contributed by atoms with van der Waals surface area (Å²) < 4.78 is 9.36. The van der Waals surface area contributed by atoms with Gasteiger partial charge in [0.25, 0.3) is 11.1 Å². The van der Waals surface area contributed by atoms with Crippen molar-refractivity contribution in [2.75, 3.05) is 0 Å². The fourth-order valence-corrected chi connectivity index (χ4v) is 5.00. The van der Waals surface area contributed by atoms with E-state index in [0.29, 0.717) is 33.5 Å². The van der Waals surface area contributed by atoms with Gasteiger partial charge in [-0.3, -0.25) is 9.59 Å². The molecule has 0 spiro atoms. The number of nitrogens with zero attached hydrogens (tertiary/aromatic N) is 2. The molecule has 0 saturated carbocycles. The van der Waals surface area contributed by atoms with Crippen molar-refractivity contribution in [1.29, 1.82) is 0 Å². The first-order valence-corrected chi connectivity index (χ1v) is 10.7. The number of hydrogen-bond acceptors (Lipinski definition) is 4. The Morgan fingerprint density at radius 2 is 1.27 bits per heavy atom. The molecule has 0 saturated heterocycles. The van der Waals surface area contributed by atoms with E-state index in [1.165, 1.54) is 4.57 Å². The molecule has 1 N–H and O–H groups in total. The van der Waals surface area contributed by atoms with Crippen LogP contribution in [0, 0.1) is 0 Å². The molecule has 1 aliphatic heterocycles. The normalized spacial score (nSPS) is 14.7. The van der Waals surface area contributed by atoms with Crippen LogP contribution in [0.5, 0.6) is 17.2 Å². The SMILES string of the molecule is Cn1c(=O)c(C2c3ccccc3Oc3c2c(=O)n(C)c2ccccc32)c(O)c2ccccc21. The average Bonchev–Trinajstić information content (AvgIpc) is 2.85. The number of benzene rings is 3. The lowest BCUT2D eigenvalue weighted by Gasteiger charge is -2.30. The van der Waals surface area contributed by atoms with Gasteiger partial charge in [-0.1, -0.05) is 42.5 Å². The second-order valence-electron chi connectivity index (χ2n) is 8.34. The molecule has 0 amide bonds. The fourth-order valence-electron chi connectivity index (χ4n) is 5.00. The molecule has 0 bridgehead atoms. The molecule has 33 heavy (non-hydrogen) atoms. The van der Waals surface area contributed by atoms with E-state index in [4.69, 9.17) is 4.74 Å². The van der Waals surface area contributed by atoms with Crippen LogP contribution in [0.4, 0.5) is 0 Å². The second kappa shape index (κ2) is 6.84. The minimum Gasteiger partial charge on any atom is -0.507 e. The predicted octanol–water partition coefficient (Wildman–Crippen LogP) is 4.38. The Labute approximate surface area is 188 Å². The van der Waals surface area contributed by atoms with Gasteiger partial charge in [0, 0.05) is 30.4 Å². The fraction of sp³-hybridized carbons (Fsp3) is 0.111. The van der Waals surface area contributed by atoms with Gasteiger partial charge in [-0.05, 0) is 30.3 Å². The summed E-state index contributed by atoms with van der Waals surface area (Å²) in [6, 6.07) is 22.1. The van der Waals surface area contributed by atoms with Crippen LogP contribution in [0.3, 0.4) is 0 Å². The number of aromatic nitrogens is 2. The molecule has 6 nitrogen and oxygen atoms in total. The van der Waals surface area contributed by atoms with Crippen LogP contribution < -0.4 is 15.9 Å². The van der Waals surface area contributed by atoms with Gasteiger partial charge in [0.15, 0.2) is 0 Å². The third kappa shape index (κ3) is 2.55. The largest absolute Gasteiger partial charge is 0.507 e. The minimum absolute atomic E-state index is 0.114. The molecule has 1 unspecified atom stereocenters. The molecule has 1 atom stereocenters. The van der Waals surface area contributed by atoms with E-state index in [2.05, 4.69) is 0 Å². The first-order valence-electron chi connectivity index (χ1n) is 10.7. The lowest BCUT2D eigenvalue weighted by molar-refractivity contribution is 0.444. The summed E-state index contributed by atoms with van der Waals surface area (Å²) in [5.41, 5.74) is 1.91. The van der Waals surface area contributed by atoms with Crippen molar-refractivity contribution in [3.63, 3.8) is 0 Å². The Balaban J connectivity index is 1.81. The van der Waals surface area contributed by atoms with Crippen molar-refractivity contribution in [3.8, 4) is 17.2 Å². The molecule has 0 fully saturated rings. The number of aryl methyl sites for hydroxylation is 2. The molecule has 3 aromatic carbocycles. The maximum atomic E-state index is 13.7. The molecule has 162 valence electrons. The van der Waals surface area contributed by atoms with Crippen molar-refractivity contribution in [2.24, 2.45) is 14.1 Å². The van der Waals surface area contributed by atoms with Crippen LogP contribution in [0.15, 0.2) is 82.4 Å². The molecule has 2 aromatic heterocycles. The number of hydrogen-bond donors (Lipinski definition) is 1. The number of ether oxygens (including phenoxy) is 1. The molecule has 0 radical (unpaired) electrons. The highest BCUT2D eigenvalue weighted by molar-refractivity contribution is 5.90. The molecule has 0 aliphatic carbocycles. The Bertz CT molecular complexity index is 1700. The van der Waals surface area contributed by atoms with Crippen molar-refractivity contribution in [3.05, 3.63) is 110 Å². The quantitative estimate of drug-likeness (QED) is 0.415. The van der Waals surface area contributed by atoms with E-state index in [9.17, 15) is 14.7 Å². The maximum absolute atomic E-state index is 13.7. The van der Waals surface area contributed by atoms with Crippen LogP contribution in [0.1, 0.15) is 22.6 Å². The Morgan fingerprint density at radius 1 is 0.727 bits per heavy atom. The maximum Gasteiger partial charge on any atom is 0.258 e. The Hall–Kier alpha value is -4.32. The zero-order valence-electron chi connectivity index (χ0n) is 18.1. The summed E-state index contributed by atoms with van der Waals surface area (Å²) in [5, 5.41) is 12.7. The highest BCUT2D eigenvalue weighted by Crippen LogP contribution is 2.49. The van der Waals surface area contributed by atoms with Gasteiger partial charge < -0.3 is 19.0 Å². The van der Waals surface area contributed by atoms with E-state index in [-0.39, 0.29) is 22.4 Å². The number of pyridine rings is 2. The van der Waals surface area contributed by atoms with E-state index in [1.807, 2.05) is 60.7 Å². The van der Waals surface area contributed by atoms with Crippen LogP contribution in [-0.4, -0.2) is 14.2 Å². The summed E-state index contributed by atoms with van der Waals surface area (Å²) in [6.07, 6.45) is 0. The van der Waals surface area contributed by atoms with Gasteiger partial charge in [0.1, 0.15) is 17.2 Å². The molecular formula is C27H20N2O4. The van der Waals surface area contributed by atoms with Gasteiger partial charge >= 0.3 is 0 Å². The van der Waals surface area contributed by atoms with Gasteiger partial charge in [-0.15, -0.1) is 0 Å². The Kier molecular flexibility index (Phi) is 4.01. The van der Waals surface area contributed by atoms with Gasteiger partial charge in [-0.2, -0.15) is 0 Å². The van der Waals surface area contributed by atoms with Crippen LogP contribution >= 0.6 is 0 Å². The van der Waals surface area contributed by atoms with Crippen molar-refractivity contribution in [2.45, 2.75) is 5.92 Å². The van der Waals surface area contributed by atoms with Crippen LogP contribution in [0.2, 0.25) is 0 Å². The zero-order valence-corrected chi connectivity index (χ0v) is 18.1. The highest BCUT2D eigenvalue weighted by Gasteiger charge is 2.37. The summed E-state index contributed by atoms with van der Waals surface area (Å²) >= 11 is 0. The standard InChI is InChI=1S/C27H20N2O4/c1-28-18-12-6-3-9-15(18)24(30)22(26(28)31)21-17-11-5-8-14-20(17)33-25-16-10-4-7-13-19(16)29(2)27(32)23(21)25/h3-14,21,30H,1-2H3. The molecule has 1 aliphatic rings. The molecule has 6 heteroatoms. The van der Waals surface area contributed by atoms with Crippen molar-refractivity contribution in [1.82, 2.24) is 9.13 Å². The number of para-hydroxylation sites is 3. The van der Waals surface area contributed by atoms with E-state index in [0.717, 1.165) is 10.9 Å². The van der Waals surface area contributed by atoms with Crippen molar-refractivity contribution >= 4 is 21.8 Å². The minimum atomic E-state index is -0.781. The van der Waals surface area contributed by atoms with E-state index in [1.54, 1.807) is 30.8 Å². The summed E-state index contributed by atoms with van der Waals surface area (Å²) in [6.45, 7) is 0. The van der Waals surface area contributed by atoms with Gasteiger partial charge in [0.2, 0.25) is 0 Å². The molecule has 6 rings (SSSR count). The predicted molar refractivity (Wildman–Crippen MR) is 128 cm³/mol. The summed E-state index contributed by atoms with van der Waals surface area (Å²) in [7, 11) is 3.39. The third-order valence-electron chi connectivity index (χ3n) is 6.62. The zero-order chi connectivity index (χ0) is 22.9. The molecule has 5 aromatic rings. The second-order valence-corrected chi connectivity index (χ2v) is 8.34. The average molecular weight is 436 g/mol. The van der Waals surface area contributed by atoms with Crippen LogP contribution in [-0.2, 0) is 14.1 Å². The number of rotatable bonds is 1. The van der Waals surface area contributed by atoms with Gasteiger partial charge in [-0.25, -0.2) is 0 Å². The first-order chi connectivity index (χ1) is 16.0. The summed E-state index contributed by atoms with van der Waals surface area (Å²) in [5.74, 6) is 0.0863. The molecule has 3 heterocycles. The first kappa shape index (κ1) is 19.4. The number of fused-ring (bicyclic) bond motifs is 5. The Morgan fingerprint density at radius 3 is 2.00 bits per heavy atom. The highest BCUT2D eigenvalue weighted by atomic mass is 16.5. The topological polar surface area (TPSA) is 73.5 Å². The number of aromatic hydroxyl groups is 1. The molecular weight excluding hydrogens is 416 g/mol. The lowest BCUT2D eigenvalue weighted by atomic mass is 9.82. The monoisotopic (exact) mass is 436 g/mol.